The molecule has 1 unspecified atom stereocenters. The number of benzene rings is 3. The SMILES string of the molecule is CC(F)(F)CN1CCc2cc(OCc3ccccc3)ccc2C1c1c(F)cc(N2CCCC3(CCNCC3)CC2)cc1F. The first-order valence-corrected chi connectivity index (χ1v) is 15.6. The van der Waals surface area contributed by atoms with Gasteiger partial charge in [0.2, 0.25) is 0 Å². The molecule has 6 rings (SSSR count). The zero-order chi connectivity index (χ0) is 30.0. The molecule has 43 heavy (non-hydrogen) atoms. The maximum Gasteiger partial charge on any atom is 0.257 e. The fraction of sp³-hybridized carbons (Fsp3) is 0.486. The smallest absolute Gasteiger partial charge is 0.257 e. The molecule has 1 atom stereocenters. The van der Waals surface area contributed by atoms with Crippen molar-refractivity contribution in [2.75, 3.05) is 44.2 Å². The van der Waals surface area contributed by atoms with Crippen LogP contribution in [0.1, 0.15) is 67.3 Å². The highest BCUT2D eigenvalue weighted by atomic mass is 19.3. The monoisotopic (exact) mass is 595 g/mol. The van der Waals surface area contributed by atoms with E-state index in [4.69, 9.17) is 4.74 Å². The number of ether oxygens (including phenoxy) is 1. The number of rotatable bonds is 7. The van der Waals surface area contributed by atoms with Gasteiger partial charge in [-0.3, -0.25) is 4.90 Å². The second-order valence-corrected chi connectivity index (χ2v) is 12.7. The fourth-order valence-corrected chi connectivity index (χ4v) is 7.33. The number of piperidine rings is 1. The number of nitrogens with zero attached hydrogens (tertiary/aromatic N) is 2. The molecular weight excluding hydrogens is 554 g/mol. The molecule has 4 nitrogen and oxygen atoms in total. The van der Waals surface area contributed by atoms with Crippen LogP contribution in [0.25, 0.3) is 0 Å². The van der Waals surface area contributed by atoms with E-state index in [0.717, 1.165) is 76.3 Å². The Morgan fingerprint density at radius 3 is 2.37 bits per heavy atom. The largest absolute Gasteiger partial charge is 0.489 e. The lowest BCUT2D eigenvalue weighted by molar-refractivity contribution is -0.0245. The molecule has 3 aromatic carbocycles. The molecule has 3 heterocycles. The predicted octanol–water partition coefficient (Wildman–Crippen LogP) is 7.51. The van der Waals surface area contributed by atoms with Gasteiger partial charge in [0.1, 0.15) is 24.0 Å². The van der Waals surface area contributed by atoms with Crippen molar-refractivity contribution in [3.05, 3.63) is 94.6 Å². The molecular formula is C35H41F4N3O. The van der Waals surface area contributed by atoms with Gasteiger partial charge < -0.3 is 15.0 Å². The Labute approximate surface area is 252 Å². The van der Waals surface area contributed by atoms with Crippen LogP contribution in [0.4, 0.5) is 23.2 Å². The third-order valence-corrected chi connectivity index (χ3v) is 9.59. The van der Waals surface area contributed by atoms with Crippen LogP contribution in [0.2, 0.25) is 0 Å². The van der Waals surface area contributed by atoms with Gasteiger partial charge in [-0.2, -0.15) is 0 Å². The standard InChI is InChI=1S/C35H41F4N3O/c1-34(38,39)24-42-18-10-26-20-28(43-23-25-6-3-2-4-7-25)8-9-29(26)33(42)32-30(36)21-27(22-31(32)37)41-17-5-11-35(14-19-41)12-15-40-16-13-35/h2-4,6-9,20-22,33,40H,5,10-19,23-24H2,1H3. The minimum absolute atomic E-state index is 0.170. The van der Waals surface area contributed by atoms with Crippen LogP contribution in [0.15, 0.2) is 60.7 Å². The van der Waals surface area contributed by atoms with Gasteiger partial charge >= 0.3 is 0 Å². The molecule has 0 saturated carbocycles. The van der Waals surface area contributed by atoms with Crippen molar-refractivity contribution >= 4 is 5.69 Å². The Hall–Kier alpha value is -3.10. The second kappa shape index (κ2) is 12.5. The number of nitrogens with one attached hydrogen (secondary N) is 1. The summed E-state index contributed by atoms with van der Waals surface area (Å²) in [6.07, 6.45) is 5.88. The number of fused-ring (bicyclic) bond motifs is 1. The summed E-state index contributed by atoms with van der Waals surface area (Å²) in [7, 11) is 0. The molecule has 8 heteroatoms. The minimum Gasteiger partial charge on any atom is -0.489 e. The van der Waals surface area contributed by atoms with E-state index >= 15 is 8.78 Å². The van der Waals surface area contributed by atoms with E-state index in [1.807, 2.05) is 36.4 Å². The molecule has 3 aliphatic rings. The molecule has 0 aliphatic carbocycles. The lowest BCUT2D eigenvalue weighted by Gasteiger charge is -2.39. The molecule has 0 amide bonds. The summed E-state index contributed by atoms with van der Waals surface area (Å²) in [5, 5.41) is 3.44. The average molecular weight is 596 g/mol. The summed E-state index contributed by atoms with van der Waals surface area (Å²) in [6.45, 7) is 4.45. The fourth-order valence-electron chi connectivity index (χ4n) is 7.33. The lowest BCUT2D eigenvalue weighted by atomic mass is 9.73. The molecule has 1 N–H and O–H groups in total. The molecule has 0 radical (unpaired) electrons. The van der Waals surface area contributed by atoms with Gasteiger partial charge in [-0.25, -0.2) is 17.6 Å². The Morgan fingerprint density at radius 2 is 1.65 bits per heavy atom. The zero-order valence-corrected chi connectivity index (χ0v) is 24.9. The molecule has 3 aromatic rings. The van der Waals surface area contributed by atoms with Crippen LogP contribution in [0.3, 0.4) is 0 Å². The first-order chi connectivity index (χ1) is 20.7. The van der Waals surface area contributed by atoms with E-state index in [9.17, 15) is 8.78 Å². The number of alkyl halides is 2. The van der Waals surface area contributed by atoms with Gasteiger partial charge in [0.15, 0.2) is 0 Å². The summed E-state index contributed by atoms with van der Waals surface area (Å²) in [5.74, 6) is -3.76. The van der Waals surface area contributed by atoms with Gasteiger partial charge in [-0.1, -0.05) is 36.4 Å². The van der Waals surface area contributed by atoms with Crippen molar-refractivity contribution in [1.29, 1.82) is 0 Å². The van der Waals surface area contributed by atoms with E-state index in [0.29, 0.717) is 35.4 Å². The van der Waals surface area contributed by atoms with Crippen LogP contribution in [-0.2, 0) is 13.0 Å². The predicted molar refractivity (Wildman–Crippen MR) is 162 cm³/mol. The Kier molecular flexibility index (Phi) is 8.70. The van der Waals surface area contributed by atoms with E-state index in [1.165, 1.54) is 17.0 Å². The van der Waals surface area contributed by atoms with E-state index in [2.05, 4.69) is 10.2 Å². The van der Waals surface area contributed by atoms with Crippen LogP contribution in [-0.4, -0.2) is 50.1 Å². The van der Waals surface area contributed by atoms with Crippen LogP contribution < -0.4 is 15.0 Å². The first kappa shape index (κ1) is 29.9. The van der Waals surface area contributed by atoms with Crippen molar-refractivity contribution in [2.45, 2.75) is 64.0 Å². The maximum absolute atomic E-state index is 16.1. The minimum atomic E-state index is -3.02. The van der Waals surface area contributed by atoms with Crippen LogP contribution >= 0.6 is 0 Å². The topological polar surface area (TPSA) is 27.7 Å². The van der Waals surface area contributed by atoms with Crippen LogP contribution in [0.5, 0.6) is 5.75 Å². The summed E-state index contributed by atoms with van der Waals surface area (Å²) in [6, 6.07) is 17.1. The zero-order valence-electron chi connectivity index (χ0n) is 24.9. The van der Waals surface area contributed by atoms with Gasteiger partial charge in [0, 0.05) is 37.8 Å². The molecule has 0 bridgehead atoms. The molecule has 2 fully saturated rings. The van der Waals surface area contributed by atoms with Crippen molar-refractivity contribution in [2.24, 2.45) is 5.41 Å². The van der Waals surface area contributed by atoms with Crippen LogP contribution in [0, 0.1) is 17.0 Å². The Balaban J connectivity index is 1.28. The third-order valence-electron chi connectivity index (χ3n) is 9.59. The van der Waals surface area contributed by atoms with Crippen molar-refractivity contribution in [1.82, 2.24) is 10.2 Å². The number of hydrogen-bond donors (Lipinski definition) is 1. The van der Waals surface area contributed by atoms with E-state index in [-0.39, 0.29) is 12.1 Å². The van der Waals surface area contributed by atoms with Crippen molar-refractivity contribution in [3.63, 3.8) is 0 Å². The highest BCUT2D eigenvalue weighted by molar-refractivity contribution is 5.52. The molecule has 0 aromatic heterocycles. The van der Waals surface area contributed by atoms with Gasteiger partial charge in [-0.15, -0.1) is 0 Å². The first-order valence-electron chi connectivity index (χ1n) is 15.6. The van der Waals surface area contributed by atoms with Gasteiger partial charge in [-0.05, 0) is 98.0 Å². The summed E-state index contributed by atoms with van der Waals surface area (Å²) < 4.78 is 66.8. The van der Waals surface area contributed by atoms with Crippen molar-refractivity contribution in [3.8, 4) is 5.75 Å². The molecule has 2 saturated heterocycles. The highest BCUT2D eigenvalue weighted by Gasteiger charge is 2.38. The third kappa shape index (κ3) is 6.86. The van der Waals surface area contributed by atoms with Gasteiger partial charge in [0.25, 0.3) is 5.92 Å². The molecule has 1 spiro atoms. The number of halogens is 4. The van der Waals surface area contributed by atoms with Gasteiger partial charge in [0.05, 0.1) is 12.6 Å². The van der Waals surface area contributed by atoms with E-state index < -0.39 is 30.1 Å². The van der Waals surface area contributed by atoms with Crippen molar-refractivity contribution < 1.29 is 22.3 Å². The maximum atomic E-state index is 16.1. The average Bonchev–Trinajstić information content (AvgIpc) is 3.19. The summed E-state index contributed by atoms with van der Waals surface area (Å²) in [4.78, 5) is 3.61. The highest BCUT2D eigenvalue weighted by Crippen LogP contribution is 2.43. The number of hydrogen-bond acceptors (Lipinski definition) is 4. The number of anilines is 1. The summed E-state index contributed by atoms with van der Waals surface area (Å²) in [5.41, 5.74) is 3.17. The van der Waals surface area contributed by atoms with E-state index in [1.54, 1.807) is 12.1 Å². The molecule has 230 valence electrons. The Bertz CT molecular complexity index is 1380. The second-order valence-electron chi connectivity index (χ2n) is 12.7. The Morgan fingerprint density at radius 1 is 0.907 bits per heavy atom. The summed E-state index contributed by atoms with van der Waals surface area (Å²) >= 11 is 0. The molecule has 3 aliphatic heterocycles. The normalized spacial score (nSPS) is 21.0. The lowest BCUT2D eigenvalue weighted by Crippen LogP contribution is -2.43. The quantitative estimate of drug-likeness (QED) is 0.286.